The number of sulfonamides is 1. The Kier molecular flexibility index (Phi) is 7.53. The molecule has 4 rings (SSSR count). The van der Waals surface area contributed by atoms with E-state index in [1.54, 1.807) is 11.3 Å². The molecule has 1 atom stereocenters. The predicted octanol–water partition coefficient (Wildman–Crippen LogP) is 4.67. The lowest BCUT2D eigenvalue weighted by Crippen LogP contribution is -2.36. The fraction of sp³-hybridized carbons (Fsp3) is 0.440. The molecule has 1 aromatic carbocycles. The highest BCUT2D eigenvalue weighted by Gasteiger charge is 2.33. The largest absolute Gasteiger partial charge is 0.490 e. The van der Waals surface area contributed by atoms with Crippen LogP contribution in [0.1, 0.15) is 50.0 Å². The van der Waals surface area contributed by atoms with E-state index in [9.17, 15) is 13.7 Å². The van der Waals surface area contributed by atoms with E-state index in [2.05, 4.69) is 21.9 Å². The highest BCUT2D eigenvalue weighted by Crippen LogP contribution is 2.44. The van der Waals surface area contributed by atoms with Crippen molar-refractivity contribution in [2.45, 2.75) is 51.7 Å². The van der Waals surface area contributed by atoms with Gasteiger partial charge in [-0.25, -0.2) is 18.1 Å². The summed E-state index contributed by atoms with van der Waals surface area (Å²) >= 11 is 1.60. The molecule has 1 saturated carbocycles. The number of ether oxygens (including phenoxy) is 2. The third-order valence-corrected chi connectivity index (χ3v) is 8.37. The van der Waals surface area contributed by atoms with Crippen LogP contribution in [0.15, 0.2) is 41.6 Å². The molecule has 0 spiro atoms. The van der Waals surface area contributed by atoms with Crippen LogP contribution in [-0.2, 0) is 14.8 Å². The minimum Gasteiger partial charge on any atom is -0.490 e. The number of nitriles is 1. The second-order valence-electron chi connectivity index (χ2n) is 8.70. The van der Waals surface area contributed by atoms with E-state index in [1.807, 2.05) is 38.2 Å². The Morgan fingerprint density at radius 1 is 1.29 bits per heavy atom. The van der Waals surface area contributed by atoms with Crippen molar-refractivity contribution >= 4 is 26.9 Å². The second-order valence-corrected chi connectivity index (χ2v) is 11.6. The molecule has 1 fully saturated rings. The van der Waals surface area contributed by atoms with Gasteiger partial charge in [-0.05, 0) is 74.4 Å². The molecule has 1 aromatic heterocycles. The van der Waals surface area contributed by atoms with Crippen LogP contribution in [0.25, 0.3) is 16.1 Å². The molecule has 1 unspecified atom stereocenters. The zero-order chi connectivity index (χ0) is 24.3. The third kappa shape index (κ3) is 5.41. The number of rotatable bonds is 9. The van der Waals surface area contributed by atoms with Crippen LogP contribution in [-0.4, -0.2) is 45.0 Å². The van der Waals surface area contributed by atoms with E-state index in [-0.39, 0.29) is 24.5 Å². The summed E-state index contributed by atoms with van der Waals surface area (Å²) in [5, 5.41) is 10.4. The molecule has 2 aromatic rings. The van der Waals surface area contributed by atoms with Crippen molar-refractivity contribution in [3.05, 3.63) is 52.1 Å². The zero-order valence-corrected chi connectivity index (χ0v) is 21.3. The smallest absolute Gasteiger partial charge is 0.214 e. The van der Waals surface area contributed by atoms with Gasteiger partial charge in [-0.15, -0.1) is 11.3 Å². The molecule has 1 heterocycles. The molecule has 34 heavy (non-hydrogen) atoms. The van der Waals surface area contributed by atoms with Gasteiger partial charge in [0.15, 0.2) is 0 Å². The Morgan fingerprint density at radius 3 is 2.85 bits per heavy atom. The third-order valence-electron chi connectivity index (χ3n) is 5.92. The first-order valence-corrected chi connectivity index (χ1v) is 13.9. The van der Waals surface area contributed by atoms with Gasteiger partial charge < -0.3 is 9.47 Å². The standard InChI is InChI=1S/C25H29N3O4S2/c1-16(2)32-23-10-7-17(13-18(23)14-26)25-27-15-24(33-25)21-6-4-5-20-19(21)8-9-22(20)28-34(29,30)12-11-31-3/h5,7,10,13,15-16,22,28H,4,6,8-9,11-12H2,1-3H3. The highest BCUT2D eigenvalue weighted by molar-refractivity contribution is 7.89. The van der Waals surface area contributed by atoms with Gasteiger partial charge in [-0.2, -0.15) is 5.26 Å². The number of benzene rings is 1. The Bertz CT molecular complexity index is 1270. The van der Waals surface area contributed by atoms with Crippen molar-refractivity contribution in [1.29, 1.82) is 5.26 Å². The quantitative estimate of drug-likeness (QED) is 0.538. The summed E-state index contributed by atoms with van der Waals surface area (Å²) in [4.78, 5) is 5.74. The number of nitrogens with one attached hydrogen (secondary N) is 1. The fourth-order valence-corrected chi connectivity index (χ4v) is 6.62. The summed E-state index contributed by atoms with van der Waals surface area (Å²) in [5.74, 6) is 0.540. The Labute approximate surface area is 205 Å². The monoisotopic (exact) mass is 499 g/mol. The molecule has 2 aliphatic rings. The van der Waals surface area contributed by atoms with Crippen molar-refractivity contribution in [3.63, 3.8) is 0 Å². The van der Waals surface area contributed by atoms with Gasteiger partial charge in [0, 0.05) is 24.9 Å². The molecule has 0 radical (unpaired) electrons. The minimum absolute atomic E-state index is 0.00825. The van der Waals surface area contributed by atoms with Gasteiger partial charge in [0.05, 0.1) is 28.9 Å². The number of methoxy groups -OCH3 is 1. The first kappa shape index (κ1) is 24.6. The molecular formula is C25H29N3O4S2. The van der Waals surface area contributed by atoms with Crippen molar-refractivity contribution in [2.75, 3.05) is 19.5 Å². The maximum absolute atomic E-state index is 12.4. The average Bonchev–Trinajstić information content (AvgIpc) is 3.45. The van der Waals surface area contributed by atoms with Crippen molar-refractivity contribution < 1.29 is 17.9 Å². The zero-order valence-electron chi connectivity index (χ0n) is 19.6. The van der Waals surface area contributed by atoms with Crippen LogP contribution < -0.4 is 9.46 Å². The van der Waals surface area contributed by atoms with Crippen LogP contribution in [0, 0.1) is 11.3 Å². The van der Waals surface area contributed by atoms with E-state index >= 15 is 0 Å². The number of hydrogen-bond acceptors (Lipinski definition) is 7. The lowest BCUT2D eigenvalue weighted by atomic mass is 9.91. The van der Waals surface area contributed by atoms with Crippen LogP contribution in [0.4, 0.5) is 0 Å². The fourth-order valence-electron chi connectivity index (χ4n) is 4.43. The second kappa shape index (κ2) is 10.4. The normalized spacial score (nSPS) is 18.1. The number of allylic oxidation sites excluding steroid dienone is 2. The Hall–Kier alpha value is -2.51. The van der Waals surface area contributed by atoms with Crippen molar-refractivity contribution in [2.24, 2.45) is 0 Å². The number of aromatic nitrogens is 1. The summed E-state index contributed by atoms with van der Waals surface area (Å²) in [5.41, 5.74) is 4.96. The van der Waals surface area contributed by atoms with Crippen LogP contribution in [0.2, 0.25) is 0 Å². The van der Waals surface area contributed by atoms with Gasteiger partial charge in [-0.1, -0.05) is 6.08 Å². The first-order chi connectivity index (χ1) is 16.3. The molecule has 0 aliphatic heterocycles. The van der Waals surface area contributed by atoms with E-state index in [4.69, 9.17) is 9.47 Å². The van der Waals surface area contributed by atoms with Crippen LogP contribution >= 0.6 is 11.3 Å². The van der Waals surface area contributed by atoms with Gasteiger partial charge in [-0.3, -0.25) is 0 Å². The van der Waals surface area contributed by atoms with E-state index in [0.29, 0.717) is 11.3 Å². The summed E-state index contributed by atoms with van der Waals surface area (Å²) in [6.45, 7) is 4.04. The van der Waals surface area contributed by atoms with Crippen molar-refractivity contribution in [1.82, 2.24) is 9.71 Å². The van der Waals surface area contributed by atoms with E-state index < -0.39 is 10.0 Å². The van der Waals surface area contributed by atoms with E-state index in [0.717, 1.165) is 46.7 Å². The summed E-state index contributed by atoms with van der Waals surface area (Å²) in [7, 11) is -1.89. The lowest BCUT2D eigenvalue weighted by molar-refractivity contribution is 0.217. The minimum atomic E-state index is -3.39. The molecule has 9 heteroatoms. The number of fused-ring (bicyclic) bond motifs is 1. The SMILES string of the molecule is COCCS(=O)(=O)NC1CCC2=C(c3cnc(-c4ccc(OC(C)C)c(C#N)c4)s3)CCC=C21. The maximum atomic E-state index is 12.4. The summed E-state index contributed by atoms with van der Waals surface area (Å²) in [6, 6.07) is 7.62. The molecule has 7 nitrogen and oxygen atoms in total. The van der Waals surface area contributed by atoms with E-state index in [1.165, 1.54) is 18.3 Å². The Balaban J connectivity index is 1.57. The summed E-state index contributed by atoms with van der Waals surface area (Å²) < 4.78 is 38.3. The lowest BCUT2D eigenvalue weighted by Gasteiger charge is -2.20. The van der Waals surface area contributed by atoms with Crippen LogP contribution in [0.5, 0.6) is 5.75 Å². The number of nitrogens with zero attached hydrogens (tertiary/aromatic N) is 2. The predicted molar refractivity (Wildman–Crippen MR) is 134 cm³/mol. The number of hydrogen-bond donors (Lipinski definition) is 1. The molecule has 2 aliphatic carbocycles. The average molecular weight is 500 g/mol. The van der Waals surface area contributed by atoms with Crippen LogP contribution in [0.3, 0.4) is 0 Å². The highest BCUT2D eigenvalue weighted by atomic mass is 32.2. The molecule has 180 valence electrons. The van der Waals surface area contributed by atoms with Gasteiger partial charge in [0.25, 0.3) is 0 Å². The van der Waals surface area contributed by atoms with Gasteiger partial charge in [0.1, 0.15) is 16.8 Å². The summed E-state index contributed by atoms with van der Waals surface area (Å²) in [6.07, 6.45) is 7.43. The van der Waals surface area contributed by atoms with Gasteiger partial charge >= 0.3 is 0 Å². The topological polar surface area (TPSA) is 101 Å². The molecule has 1 N–H and O–H groups in total. The Morgan fingerprint density at radius 2 is 2.12 bits per heavy atom. The van der Waals surface area contributed by atoms with Crippen molar-refractivity contribution in [3.8, 4) is 22.4 Å². The van der Waals surface area contributed by atoms with Gasteiger partial charge in [0.2, 0.25) is 10.0 Å². The molecular weight excluding hydrogens is 470 g/mol. The molecule has 0 bridgehead atoms. The molecule has 0 saturated heterocycles. The molecule has 0 amide bonds. The number of thiazole rings is 1. The maximum Gasteiger partial charge on any atom is 0.214 e. The first-order valence-electron chi connectivity index (χ1n) is 11.4.